The van der Waals surface area contributed by atoms with Crippen LogP contribution in [0.2, 0.25) is 0 Å². The van der Waals surface area contributed by atoms with Crippen LogP contribution in [0.1, 0.15) is 12.8 Å². The molecule has 1 saturated heterocycles. The number of sulfonamides is 1. The van der Waals surface area contributed by atoms with Gasteiger partial charge in [0.25, 0.3) is 0 Å². The molecule has 2 aromatic rings. The Hall–Kier alpha value is -2.65. The fraction of sp³-hybridized carbons (Fsp3) is 0.333. The van der Waals surface area contributed by atoms with Crippen molar-refractivity contribution in [3.05, 3.63) is 42.7 Å². The molecule has 144 valence electrons. The second-order valence-electron chi connectivity index (χ2n) is 6.31. The quantitative estimate of drug-likeness (QED) is 0.751. The van der Waals surface area contributed by atoms with Crippen LogP contribution in [0.25, 0.3) is 0 Å². The Morgan fingerprint density at radius 1 is 1.30 bits per heavy atom. The predicted octanol–water partition coefficient (Wildman–Crippen LogP) is 1.71. The number of piperidine rings is 1. The second-order valence-corrected chi connectivity index (χ2v) is 8.25. The third-order valence-corrected chi connectivity index (χ3v) is 6.48. The molecule has 0 atom stereocenters. The largest absolute Gasteiger partial charge is 0.495 e. The topological polar surface area (TPSA) is 115 Å². The van der Waals surface area contributed by atoms with Crippen molar-refractivity contribution >= 4 is 27.3 Å². The van der Waals surface area contributed by atoms with E-state index in [2.05, 4.69) is 10.3 Å². The summed E-state index contributed by atoms with van der Waals surface area (Å²) in [5, 5.41) is 2.84. The fourth-order valence-corrected chi connectivity index (χ4v) is 4.50. The Morgan fingerprint density at radius 3 is 2.63 bits per heavy atom. The van der Waals surface area contributed by atoms with Crippen molar-refractivity contribution in [3.8, 4) is 5.75 Å². The van der Waals surface area contributed by atoms with Crippen LogP contribution in [-0.2, 0) is 14.8 Å². The monoisotopic (exact) mass is 390 g/mol. The minimum atomic E-state index is -3.57. The number of ether oxygens (including phenoxy) is 1. The van der Waals surface area contributed by atoms with Crippen LogP contribution in [0, 0.1) is 5.92 Å². The highest BCUT2D eigenvalue weighted by Crippen LogP contribution is 2.27. The van der Waals surface area contributed by atoms with Crippen LogP contribution in [0.4, 0.5) is 11.4 Å². The number of methoxy groups -OCH3 is 1. The highest BCUT2D eigenvalue weighted by molar-refractivity contribution is 7.89. The van der Waals surface area contributed by atoms with E-state index >= 15 is 0 Å². The highest BCUT2D eigenvalue weighted by atomic mass is 32.2. The zero-order chi connectivity index (χ0) is 19.4. The van der Waals surface area contributed by atoms with Crippen LogP contribution in [-0.4, -0.2) is 43.8 Å². The summed E-state index contributed by atoms with van der Waals surface area (Å²) in [6, 6.07) is 8.16. The maximum absolute atomic E-state index is 12.6. The summed E-state index contributed by atoms with van der Waals surface area (Å²) < 4.78 is 31.7. The van der Waals surface area contributed by atoms with E-state index in [0.29, 0.717) is 43.1 Å². The van der Waals surface area contributed by atoms with Gasteiger partial charge in [-0.25, -0.2) is 8.42 Å². The molecule has 1 amide bonds. The standard InChI is InChI=1S/C18H22N4O4S/c1-26-17-5-4-14(11-16(17)19)21-18(23)13-6-9-22(10-7-13)27(24,25)15-3-2-8-20-12-15/h2-5,8,11-13H,6-7,9-10,19H2,1H3,(H,21,23). The third kappa shape index (κ3) is 4.20. The van der Waals surface area contributed by atoms with Crippen molar-refractivity contribution in [2.45, 2.75) is 17.7 Å². The lowest BCUT2D eigenvalue weighted by Crippen LogP contribution is -2.41. The molecule has 0 spiro atoms. The summed E-state index contributed by atoms with van der Waals surface area (Å²) in [5.74, 6) is 0.147. The Balaban J connectivity index is 1.60. The number of pyridine rings is 1. The van der Waals surface area contributed by atoms with Crippen molar-refractivity contribution < 1.29 is 17.9 Å². The van der Waals surface area contributed by atoms with Gasteiger partial charge in [-0.3, -0.25) is 9.78 Å². The van der Waals surface area contributed by atoms with Gasteiger partial charge in [0.2, 0.25) is 15.9 Å². The number of nitrogen functional groups attached to an aromatic ring is 1. The van der Waals surface area contributed by atoms with Crippen molar-refractivity contribution in [2.24, 2.45) is 5.92 Å². The molecule has 1 aromatic heterocycles. The molecular weight excluding hydrogens is 368 g/mol. The van der Waals surface area contributed by atoms with E-state index in [-0.39, 0.29) is 16.7 Å². The lowest BCUT2D eigenvalue weighted by atomic mass is 9.97. The number of nitrogens with one attached hydrogen (secondary N) is 1. The van der Waals surface area contributed by atoms with Crippen LogP contribution >= 0.6 is 0 Å². The van der Waals surface area contributed by atoms with Gasteiger partial charge in [-0.15, -0.1) is 0 Å². The molecular formula is C18H22N4O4S. The number of carbonyl (C=O) groups excluding carboxylic acids is 1. The number of hydrogen-bond donors (Lipinski definition) is 2. The van der Waals surface area contributed by atoms with E-state index < -0.39 is 10.0 Å². The molecule has 1 fully saturated rings. The third-order valence-electron chi connectivity index (χ3n) is 4.59. The maximum atomic E-state index is 12.6. The first kappa shape index (κ1) is 19.1. The molecule has 1 aromatic carbocycles. The van der Waals surface area contributed by atoms with Crippen LogP contribution in [0.15, 0.2) is 47.6 Å². The van der Waals surface area contributed by atoms with Gasteiger partial charge in [0.15, 0.2) is 0 Å². The van der Waals surface area contributed by atoms with Gasteiger partial charge in [-0.1, -0.05) is 0 Å². The SMILES string of the molecule is COc1ccc(NC(=O)C2CCN(S(=O)(=O)c3cccnc3)CC2)cc1N. The van der Waals surface area contributed by atoms with E-state index in [4.69, 9.17) is 10.5 Å². The lowest BCUT2D eigenvalue weighted by Gasteiger charge is -2.30. The molecule has 0 saturated carbocycles. The normalized spacial score (nSPS) is 16.0. The molecule has 1 aliphatic rings. The van der Waals surface area contributed by atoms with Crippen LogP contribution < -0.4 is 15.8 Å². The number of amides is 1. The summed E-state index contributed by atoms with van der Waals surface area (Å²) in [5.41, 5.74) is 6.88. The molecule has 0 radical (unpaired) electrons. The smallest absolute Gasteiger partial charge is 0.244 e. The second kappa shape index (κ2) is 7.93. The number of rotatable bonds is 5. The molecule has 3 rings (SSSR count). The van der Waals surface area contributed by atoms with Gasteiger partial charge >= 0.3 is 0 Å². The molecule has 9 heteroatoms. The molecule has 0 bridgehead atoms. The molecule has 1 aliphatic heterocycles. The Labute approximate surface area is 158 Å². The first-order chi connectivity index (χ1) is 12.9. The van der Waals surface area contributed by atoms with Crippen molar-refractivity contribution in [3.63, 3.8) is 0 Å². The Kier molecular flexibility index (Phi) is 5.62. The first-order valence-electron chi connectivity index (χ1n) is 8.56. The number of carbonyl (C=O) groups is 1. The summed E-state index contributed by atoms with van der Waals surface area (Å²) in [7, 11) is -2.05. The van der Waals surface area contributed by atoms with Crippen molar-refractivity contribution in [2.75, 3.05) is 31.2 Å². The summed E-state index contributed by atoms with van der Waals surface area (Å²) in [6.45, 7) is 0.583. The number of benzene rings is 1. The molecule has 8 nitrogen and oxygen atoms in total. The molecule has 2 heterocycles. The molecule has 0 aliphatic carbocycles. The average molecular weight is 390 g/mol. The van der Waals surface area contributed by atoms with Crippen molar-refractivity contribution in [1.82, 2.24) is 9.29 Å². The highest BCUT2D eigenvalue weighted by Gasteiger charge is 2.32. The molecule has 3 N–H and O–H groups in total. The van der Waals surface area contributed by atoms with E-state index in [1.54, 1.807) is 24.3 Å². The van der Waals surface area contributed by atoms with Crippen LogP contribution in [0.5, 0.6) is 5.75 Å². The van der Waals surface area contributed by atoms with Gasteiger partial charge in [0, 0.05) is 37.1 Å². The number of nitrogens with two attached hydrogens (primary N) is 1. The zero-order valence-electron chi connectivity index (χ0n) is 15.0. The maximum Gasteiger partial charge on any atom is 0.244 e. The molecule has 27 heavy (non-hydrogen) atoms. The predicted molar refractivity (Wildman–Crippen MR) is 102 cm³/mol. The van der Waals surface area contributed by atoms with Gasteiger partial charge < -0.3 is 15.8 Å². The molecule has 0 unspecified atom stereocenters. The number of hydrogen-bond acceptors (Lipinski definition) is 6. The number of aromatic nitrogens is 1. The Morgan fingerprint density at radius 2 is 2.04 bits per heavy atom. The van der Waals surface area contributed by atoms with Gasteiger partial charge in [-0.05, 0) is 43.2 Å². The van der Waals surface area contributed by atoms with E-state index in [1.807, 2.05) is 0 Å². The minimum Gasteiger partial charge on any atom is -0.495 e. The summed E-state index contributed by atoms with van der Waals surface area (Å²) in [6.07, 6.45) is 3.78. The van der Waals surface area contributed by atoms with E-state index in [1.165, 1.54) is 29.9 Å². The Bertz CT molecular complexity index is 910. The van der Waals surface area contributed by atoms with Gasteiger partial charge in [-0.2, -0.15) is 4.31 Å². The van der Waals surface area contributed by atoms with Gasteiger partial charge in [0.1, 0.15) is 10.6 Å². The van der Waals surface area contributed by atoms with E-state index in [9.17, 15) is 13.2 Å². The number of anilines is 2. The zero-order valence-corrected chi connectivity index (χ0v) is 15.8. The summed E-state index contributed by atoms with van der Waals surface area (Å²) >= 11 is 0. The summed E-state index contributed by atoms with van der Waals surface area (Å²) in [4.78, 5) is 16.5. The average Bonchev–Trinajstić information content (AvgIpc) is 2.69. The number of nitrogens with zero attached hydrogens (tertiary/aromatic N) is 2. The van der Waals surface area contributed by atoms with E-state index in [0.717, 1.165) is 0 Å². The minimum absolute atomic E-state index is 0.141. The first-order valence-corrected chi connectivity index (χ1v) is 10.0. The lowest BCUT2D eigenvalue weighted by molar-refractivity contribution is -0.120. The fourth-order valence-electron chi connectivity index (χ4n) is 3.06. The van der Waals surface area contributed by atoms with Gasteiger partial charge in [0.05, 0.1) is 12.8 Å². The van der Waals surface area contributed by atoms with Crippen molar-refractivity contribution in [1.29, 1.82) is 0 Å². The van der Waals surface area contributed by atoms with Crippen LogP contribution in [0.3, 0.4) is 0 Å².